The van der Waals surface area contributed by atoms with Gasteiger partial charge in [0.05, 0.1) is 18.0 Å². The molecule has 3 rings (SSSR count). The summed E-state index contributed by atoms with van der Waals surface area (Å²) in [6.45, 7) is 0. The molecule has 0 spiro atoms. The normalized spacial score (nSPS) is 10.3. The van der Waals surface area contributed by atoms with Gasteiger partial charge in [0.1, 0.15) is 5.82 Å². The summed E-state index contributed by atoms with van der Waals surface area (Å²) in [5.74, 6) is 0.554. The summed E-state index contributed by atoms with van der Waals surface area (Å²) < 4.78 is 0. The predicted molar refractivity (Wildman–Crippen MR) is 79.1 cm³/mol. The van der Waals surface area contributed by atoms with Crippen LogP contribution in [0.2, 0.25) is 0 Å². The Morgan fingerprint density at radius 3 is 2.62 bits per heavy atom. The molecule has 0 radical (unpaired) electrons. The number of amides is 1. The van der Waals surface area contributed by atoms with Crippen molar-refractivity contribution in [3.8, 4) is 0 Å². The van der Waals surface area contributed by atoms with Crippen LogP contribution in [0.25, 0.3) is 10.8 Å². The van der Waals surface area contributed by atoms with E-state index in [0.29, 0.717) is 5.56 Å². The smallest absolute Gasteiger partial charge is 0.260 e. The van der Waals surface area contributed by atoms with Crippen molar-refractivity contribution in [1.82, 2.24) is 20.2 Å². The zero-order valence-corrected chi connectivity index (χ0v) is 11.2. The standard InChI is InChI=1S/C14H12N6O/c1-15-12-10-5-3-2-4-9(10)11(8-17-12)13(21)19-14-16-6-7-18-20-14/h2-8H,1H3,(H,15,17)(H,16,19,20,21). The summed E-state index contributed by atoms with van der Waals surface area (Å²) in [5, 5.41) is 14.7. The SMILES string of the molecule is CNc1ncc(C(=O)Nc2nccnn2)c2ccccc12. The number of hydrogen-bond donors (Lipinski definition) is 2. The summed E-state index contributed by atoms with van der Waals surface area (Å²) >= 11 is 0. The Morgan fingerprint density at radius 2 is 1.90 bits per heavy atom. The van der Waals surface area contributed by atoms with Crippen LogP contribution in [-0.4, -0.2) is 33.1 Å². The van der Waals surface area contributed by atoms with Gasteiger partial charge in [-0.05, 0) is 5.39 Å². The molecular weight excluding hydrogens is 268 g/mol. The van der Waals surface area contributed by atoms with E-state index in [1.165, 1.54) is 18.6 Å². The topological polar surface area (TPSA) is 92.7 Å². The van der Waals surface area contributed by atoms with Gasteiger partial charge >= 0.3 is 0 Å². The molecule has 7 nitrogen and oxygen atoms in total. The van der Waals surface area contributed by atoms with E-state index in [0.717, 1.165) is 16.6 Å². The fourth-order valence-electron chi connectivity index (χ4n) is 2.05. The van der Waals surface area contributed by atoms with E-state index < -0.39 is 0 Å². The van der Waals surface area contributed by atoms with Crippen LogP contribution in [-0.2, 0) is 0 Å². The fourth-order valence-corrected chi connectivity index (χ4v) is 2.05. The van der Waals surface area contributed by atoms with Gasteiger partial charge < -0.3 is 5.32 Å². The molecule has 7 heteroatoms. The van der Waals surface area contributed by atoms with Gasteiger partial charge in [-0.25, -0.2) is 9.97 Å². The summed E-state index contributed by atoms with van der Waals surface area (Å²) in [6.07, 6.45) is 4.43. The van der Waals surface area contributed by atoms with Crippen LogP contribution in [0.15, 0.2) is 42.9 Å². The molecule has 1 amide bonds. The molecule has 2 N–H and O–H groups in total. The van der Waals surface area contributed by atoms with E-state index in [1.54, 1.807) is 7.05 Å². The maximum Gasteiger partial charge on any atom is 0.260 e. The van der Waals surface area contributed by atoms with Crippen LogP contribution >= 0.6 is 0 Å². The number of rotatable bonds is 3. The number of carbonyl (C=O) groups excluding carboxylic acids is 1. The number of fused-ring (bicyclic) bond motifs is 1. The highest BCUT2D eigenvalue weighted by Gasteiger charge is 2.14. The first-order valence-electron chi connectivity index (χ1n) is 6.30. The van der Waals surface area contributed by atoms with Crippen LogP contribution in [0, 0.1) is 0 Å². The second kappa shape index (κ2) is 5.49. The zero-order chi connectivity index (χ0) is 14.7. The molecular formula is C14H12N6O. The van der Waals surface area contributed by atoms with E-state index >= 15 is 0 Å². The number of pyridine rings is 1. The van der Waals surface area contributed by atoms with Crippen molar-refractivity contribution in [2.75, 3.05) is 17.7 Å². The minimum atomic E-state index is -0.325. The summed E-state index contributed by atoms with van der Waals surface area (Å²) in [6, 6.07) is 7.55. The van der Waals surface area contributed by atoms with Gasteiger partial charge in [0.25, 0.3) is 5.91 Å². The molecule has 0 aliphatic rings. The first-order valence-corrected chi connectivity index (χ1v) is 6.30. The van der Waals surface area contributed by atoms with Crippen molar-refractivity contribution in [1.29, 1.82) is 0 Å². The Morgan fingerprint density at radius 1 is 1.10 bits per heavy atom. The van der Waals surface area contributed by atoms with Gasteiger partial charge in [0, 0.05) is 18.6 Å². The highest BCUT2D eigenvalue weighted by molar-refractivity contribution is 6.13. The third kappa shape index (κ3) is 2.48. The van der Waals surface area contributed by atoms with E-state index in [4.69, 9.17) is 0 Å². The number of aromatic nitrogens is 4. The molecule has 0 fully saturated rings. The minimum absolute atomic E-state index is 0.157. The van der Waals surface area contributed by atoms with Crippen LogP contribution in [0.5, 0.6) is 0 Å². The Balaban J connectivity index is 2.03. The molecule has 2 aromatic heterocycles. The lowest BCUT2D eigenvalue weighted by Crippen LogP contribution is -2.15. The van der Waals surface area contributed by atoms with Gasteiger partial charge in [-0.1, -0.05) is 24.3 Å². The van der Waals surface area contributed by atoms with Gasteiger partial charge in [-0.15, -0.1) is 5.10 Å². The fraction of sp³-hybridized carbons (Fsp3) is 0.0714. The minimum Gasteiger partial charge on any atom is -0.373 e. The third-order valence-electron chi connectivity index (χ3n) is 2.98. The highest BCUT2D eigenvalue weighted by Crippen LogP contribution is 2.24. The number of nitrogens with zero attached hydrogens (tertiary/aromatic N) is 4. The van der Waals surface area contributed by atoms with E-state index in [-0.39, 0.29) is 11.9 Å². The molecule has 3 aromatic rings. The molecule has 0 aliphatic carbocycles. The predicted octanol–water partition coefficient (Wildman–Crippen LogP) is 1.71. The molecule has 0 aliphatic heterocycles. The average molecular weight is 280 g/mol. The number of nitrogens with one attached hydrogen (secondary N) is 2. The number of carbonyl (C=O) groups is 1. The Kier molecular flexibility index (Phi) is 3.38. The number of anilines is 2. The average Bonchev–Trinajstić information content (AvgIpc) is 2.54. The van der Waals surface area contributed by atoms with E-state index in [1.807, 2.05) is 24.3 Å². The maximum atomic E-state index is 12.3. The summed E-state index contributed by atoms with van der Waals surface area (Å²) in [4.78, 5) is 20.5. The number of hydrogen-bond acceptors (Lipinski definition) is 6. The van der Waals surface area contributed by atoms with Crippen LogP contribution in [0.3, 0.4) is 0 Å². The Hall–Kier alpha value is -3.09. The molecule has 2 heterocycles. The highest BCUT2D eigenvalue weighted by atomic mass is 16.1. The van der Waals surface area contributed by atoms with Crippen molar-refractivity contribution < 1.29 is 4.79 Å². The van der Waals surface area contributed by atoms with Crippen molar-refractivity contribution >= 4 is 28.4 Å². The van der Waals surface area contributed by atoms with E-state index in [9.17, 15) is 4.79 Å². The molecule has 0 atom stereocenters. The summed E-state index contributed by atoms with van der Waals surface area (Å²) in [5.41, 5.74) is 0.456. The molecule has 0 saturated carbocycles. The molecule has 21 heavy (non-hydrogen) atoms. The van der Waals surface area contributed by atoms with Gasteiger partial charge in [0.2, 0.25) is 5.95 Å². The Labute approximate surface area is 120 Å². The van der Waals surface area contributed by atoms with Crippen LogP contribution in [0.1, 0.15) is 10.4 Å². The zero-order valence-electron chi connectivity index (χ0n) is 11.2. The Bertz CT molecular complexity index is 790. The molecule has 0 saturated heterocycles. The van der Waals surface area contributed by atoms with Gasteiger partial charge in [-0.2, -0.15) is 5.10 Å². The molecule has 1 aromatic carbocycles. The first kappa shape index (κ1) is 12.9. The van der Waals surface area contributed by atoms with E-state index in [2.05, 4.69) is 30.8 Å². The quantitative estimate of drug-likeness (QED) is 0.758. The molecule has 104 valence electrons. The largest absolute Gasteiger partial charge is 0.373 e. The van der Waals surface area contributed by atoms with Crippen molar-refractivity contribution in [3.63, 3.8) is 0 Å². The molecule has 0 bridgehead atoms. The second-order valence-corrected chi connectivity index (χ2v) is 4.24. The maximum absolute atomic E-state index is 12.3. The summed E-state index contributed by atoms with van der Waals surface area (Å²) in [7, 11) is 1.79. The lowest BCUT2D eigenvalue weighted by atomic mass is 10.1. The monoisotopic (exact) mass is 280 g/mol. The van der Waals surface area contributed by atoms with Crippen LogP contribution < -0.4 is 10.6 Å². The second-order valence-electron chi connectivity index (χ2n) is 4.24. The lowest BCUT2D eigenvalue weighted by Gasteiger charge is -2.09. The third-order valence-corrected chi connectivity index (χ3v) is 2.98. The molecule has 0 unspecified atom stereocenters. The van der Waals surface area contributed by atoms with Crippen molar-refractivity contribution in [2.24, 2.45) is 0 Å². The van der Waals surface area contributed by atoms with Crippen molar-refractivity contribution in [2.45, 2.75) is 0 Å². The van der Waals surface area contributed by atoms with Gasteiger partial charge in [0.15, 0.2) is 0 Å². The number of benzene rings is 1. The lowest BCUT2D eigenvalue weighted by molar-refractivity contribution is 0.102. The first-order chi connectivity index (χ1) is 10.3. The van der Waals surface area contributed by atoms with Crippen LogP contribution in [0.4, 0.5) is 11.8 Å². The van der Waals surface area contributed by atoms with Crippen molar-refractivity contribution in [3.05, 3.63) is 48.4 Å². The van der Waals surface area contributed by atoms with Gasteiger partial charge in [-0.3, -0.25) is 10.1 Å².